The Balaban J connectivity index is 2.89. The predicted octanol–water partition coefficient (Wildman–Crippen LogP) is 1.99. The van der Waals surface area contributed by atoms with E-state index in [-0.39, 0.29) is 5.56 Å². The number of esters is 1. The summed E-state index contributed by atoms with van der Waals surface area (Å²) < 4.78 is 4.54. The number of benzene rings is 1. The van der Waals surface area contributed by atoms with Crippen molar-refractivity contribution < 1.29 is 19.4 Å². The van der Waals surface area contributed by atoms with Gasteiger partial charge < -0.3 is 9.84 Å². The lowest BCUT2D eigenvalue weighted by Gasteiger charge is -2.07. The van der Waals surface area contributed by atoms with Gasteiger partial charge in [0.25, 0.3) is 0 Å². The molecule has 0 aromatic heterocycles. The van der Waals surface area contributed by atoms with E-state index >= 15 is 0 Å². The fourth-order valence-electron chi connectivity index (χ4n) is 1.03. The Labute approximate surface area is 95.0 Å². The molecule has 80 valence electrons. The zero-order chi connectivity index (χ0) is 11.4. The number of methoxy groups -OCH3 is 1. The minimum atomic E-state index is -0.995. The van der Waals surface area contributed by atoms with E-state index in [0.29, 0.717) is 5.56 Å². The molecule has 0 aliphatic heterocycles. The molecule has 0 saturated carbocycles. The van der Waals surface area contributed by atoms with Crippen molar-refractivity contribution in [1.82, 2.24) is 0 Å². The first-order chi connectivity index (χ1) is 7.06. The van der Waals surface area contributed by atoms with E-state index < -0.39 is 16.8 Å². The standard InChI is InChI=1S/C10H9BrO4/c1-15-10(14)8(11)6-2-4-7(5-3-6)9(12)13/h2-5,8H,1H3,(H,12,13). The Kier molecular flexibility index (Phi) is 3.85. The van der Waals surface area contributed by atoms with Gasteiger partial charge in [-0.25, -0.2) is 4.79 Å². The number of carbonyl (C=O) groups is 2. The SMILES string of the molecule is COC(=O)C(Br)c1ccc(C(=O)O)cc1. The normalized spacial score (nSPS) is 11.9. The molecule has 0 saturated heterocycles. The third-order valence-corrected chi connectivity index (χ3v) is 2.76. The number of carboxylic acids is 1. The van der Waals surface area contributed by atoms with Crippen molar-refractivity contribution in [2.75, 3.05) is 7.11 Å². The number of carboxylic acid groups (broad SMARTS) is 1. The fourth-order valence-corrected chi connectivity index (χ4v) is 1.53. The molecule has 0 heterocycles. The summed E-state index contributed by atoms with van der Waals surface area (Å²) in [5, 5.41) is 8.67. The van der Waals surface area contributed by atoms with E-state index in [1.165, 1.54) is 19.2 Å². The minimum Gasteiger partial charge on any atom is -0.478 e. The molecule has 0 aliphatic carbocycles. The van der Waals surface area contributed by atoms with Crippen molar-refractivity contribution in [3.05, 3.63) is 35.4 Å². The van der Waals surface area contributed by atoms with Gasteiger partial charge in [-0.1, -0.05) is 28.1 Å². The molecule has 1 N–H and O–H groups in total. The van der Waals surface area contributed by atoms with Gasteiger partial charge in [-0.3, -0.25) is 4.79 Å². The van der Waals surface area contributed by atoms with Crippen LogP contribution in [0.25, 0.3) is 0 Å². The Bertz CT molecular complexity index is 372. The average Bonchev–Trinajstić information content (AvgIpc) is 2.27. The summed E-state index contributed by atoms with van der Waals surface area (Å²) in [6.45, 7) is 0. The summed E-state index contributed by atoms with van der Waals surface area (Å²) in [6, 6.07) is 6.02. The number of hydrogen-bond acceptors (Lipinski definition) is 3. The van der Waals surface area contributed by atoms with Crippen LogP contribution in [0.5, 0.6) is 0 Å². The predicted molar refractivity (Wildman–Crippen MR) is 57.1 cm³/mol. The number of rotatable bonds is 3. The number of aromatic carboxylic acids is 1. The maximum atomic E-state index is 11.1. The first-order valence-electron chi connectivity index (χ1n) is 4.11. The zero-order valence-electron chi connectivity index (χ0n) is 7.94. The molecule has 15 heavy (non-hydrogen) atoms. The van der Waals surface area contributed by atoms with E-state index in [4.69, 9.17) is 5.11 Å². The van der Waals surface area contributed by atoms with Crippen LogP contribution in [-0.4, -0.2) is 24.2 Å². The van der Waals surface area contributed by atoms with Gasteiger partial charge >= 0.3 is 11.9 Å². The van der Waals surface area contributed by atoms with Gasteiger partial charge in [0.2, 0.25) is 0 Å². The Hall–Kier alpha value is -1.36. The maximum Gasteiger partial charge on any atom is 0.335 e. The summed E-state index contributed by atoms with van der Waals surface area (Å²) in [6.07, 6.45) is 0. The van der Waals surface area contributed by atoms with Gasteiger partial charge in [-0.15, -0.1) is 0 Å². The van der Waals surface area contributed by atoms with Gasteiger partial charge in [0.1, 0.15) is 4.83 Å². The largest absolute Gasteiger partial charge is 0.478 e. The topological polar surface area (TPSA) is 63.6 Å². The smallest absolute Gasteiger partial charge is 0.335 e. The van der Waals surface area contributed by atoms with Crippen LogP contribution in [0.1, 0.15) is 20.7 Å². The fraction of sp³-hybridized carbons (Fsp3) is 0.200. The molecule has 0 amide bonds. The lowest BCUT2D eigenvalue weighted by Crippen LogP contribution is -2.08. The number of hydrogen-bond donors (Lipinski definition) is 1. The van der Waals surface area contributed by atoms with Gasteiger partial charge in [0.15, 0.2) is 0 Å². The summed E-state index contributed by atoms with van der Waals surface area (Å²) in [5.41, 5.74) is 0.843. The third kappa shape index (κ3) is 2.79. The number of alkyl halides is 1. The summed E-state index contributed by atoms with van der Waals surface area (Å²) in [5.74, 6) is -1.41. The molecule has 0 spiro atoms. The average molecular weight is 273 g/mol. The van der Waals surface area contributed by atoms with E-state index in [1.807, 2.05) is 0 Å². The van der Waals surface area contributed by atoms with Gasteiger partial charge in [-0.2, -0.15) is 0 Å². The van der Waals surface area contributed by atoms with Crippen LogP contribution >= 0.6 is 15.9 Å². The van der Waals surface area contributed by atoms with E-state index in [9.17, 15) is 9.59 Å². The van der Waals surface area contributed by atoms with Crippen molar-refractivity contribution in [1.29, 1.82) is 0 Å². The monoisotopic (exact) mass is 272 g/mol. The highest BCUT2D eigenvalue weighted by Crippen LogP contribution is 2.24. The highest BCUT2D eigenvalue weighted by molar-refractivity contribution is 9.09. The summed E-state index contributed by atoms with van der Waals surface area (Å²) in [4.78, 5) is 21.1. The van der Waals surface area contributed by atoms with Crippen LogP contribution in [0.2, 0.25) is 0 Å². The van der Waals surface area contributed by atoms with Crippen molar-refractivity contribution in [2.24, 2.45) is 0 Å². The Morgan fingerprint density at radius 3 is 2.27 bits per heavy atom. The van der Waals surface area contributed by atoms with Crippen molar-refractivity contribution in [3.63, 3.8) is 0 Å². The summed E-state index contributed by atoms with van der Waals surface area (Å²) in [7, 11) is 1.29. The van der Waals surface area contributed by atoms with Crippen LogP contribution in [0.15, 0.2) is 24.3 Å². The first-order valence-corrected chi connectivity index (χ1v) is 5.03. The number of halogens is 1. The van der Waals surface area contributed by atoms with Crippen LogP contribution in [0.3, 0.4) is 0 Å². The summed E-state index contributed by atoms with van der Waals surface area (Å²) >= 11 is 3.15. The maximum absolute atomic E-state index is 11.1. The quantitative estimate of drug-likeness (QED) is 0.675. The lowest BCUT2D eigenvalue weighted by atomic mass is 10.1. The Morgan fingerprint density at radius 2 is 1.87 bits per heavy atom. The van der Waals surface area contributed by atoms with E-state index in [2.05, 4.69) is 20.7 Å². The minimum absolute atomic E-state index is 0.184. The molecule has 0 radical (unpaired) electrons. The highest BCUT2D eigenvalue weighted by atomic mass is 79.9. The van der Waals surface area contributed by atoms with Gasteiger partial charge in [-0.05, 0) is 17.7 Å². The molecule has 0 fully saturated rings. The van der Waals surface area contributed by atoms with Gasteiger partial charge in [0.05, 0.1) is 12.7 Å². The van der Waals surface area contributed by atoms with Crippen molar-refractivity contribution in [3.8, 4) is 0 Å². The van der Waals surface area contributed by atoms with E-state index in [0.717, 1.165) is 0 Å². The van der Waals surface area contributed by atoms with Crippen LogP contribution in [0, 0.1) is 0 Å². The van der Waals surface area contributed by atoms with Crippen molar-refractivity contribution >= 4 is 27.9 Å². The van der Waals surface area contributed by atoms with Gasteiger partial charge in [0, 0.05) is 0 Å². The molecule has 4 nitrogen and oxygen atoms in total. The number of ether oxygens (including phenoxy) is 1. The molecule has 1 atom stereocenters. The molecule has 1 rings (SSSR count). The lowest BCUT2D eigenvalue weighted by molar-refractivity contribution is -0.139. The molecule has 1 unspecified atom stereocenters. The molecule has 5 heteroatoms. The van der Waals surface area contributed by atoms with Crippen LogP contribution in [-0.2, 0) is 9.53 Å². The first kappa shape index (κ1) is 11.7. The molecule has 1 aromatic rings. The number of carbonyl (C=O) groups excluding carboxylic acids is 1. The molecule has 0 bridgehead atoms. The molecular weight excluding hydrogens is 264 g/mol. The molecule has 0 aliphatic rings. The zero-order valence-corrected chi connectivity index (χ0v) is 9.52. The highest BCUT2D eigenvalue weighted by Gasteiger charge is 2.17. The van der Waals surface area contributed by atoms with Crippen molar-refractivity contribution in [2.45, 2.75) is 4.83 Å². The second kappa shape index (κ2) is 4.93. The second-order valence-corrected chi connectivity index (χ2v) is 3.73. The molecule has 1 aromatic carbocycles. The van der Waals surface area contributed by atoms with Crippen LogP contribution in [0.4, 0.5) is 0 Å². The third-order valence-electron chi connectivity index (χ3n) is 1.86. The Morgan fingerprint density at radius 1 is 1.33 bits per heavy atom. The second-order valence-electron chi connectivity index (χ2n) is 2.81. The van der Waals surface area contributed by atoms with Crippen LogP contribution < -0.4 is 0 Å². The van der Waals surface area contributed by atoms with E-state index in [1.54, 1.807) is 12.1 Å². The molecular formula is C10H9BrO4.